The molecule has 1 aromatic rings. The van der Waals surface area contributed by atoms with Crippen LogP contribution in [0.1, 0.15) is 25.8 Å². The van der Waals surface area contributed by atoms with Crippen LogP contribution in [0.3, 0.4) is 0 Å². The minimum absolute atomic E-state index is 0.498. The van der Waals surface area contributed by atoms with Crippen LogP contribution >= 0.6 is 11.6 Å². The molecule has 0 saturated carbocycles. The van der Waals surface area contributed by atoms with E-state index in [9.17, 15) is 0 Å². The van der Waals surface area contributed by atoms with Crippen LogP contribution in [0.25, 0.3) is 0 Å². The van der Waals surface area contributed by atoms with E-state index in [4.69, 9.17) is 11.6 Å². The second-order valence-corrected chi connectivity index (χ2v) is 5.38. The molecule has 17 heavy (non-hydrogen) atoms. The number of hydrogen-bond donors (Lipinski definition) is 1. The molecule has 1 heterocycles. The average Bonchev–Trinajstić information content (AvgIpc) is 2.30. The Hall–Kier alpha value is -0.730. The topological polar surface area (TPSA) is 15.3 Å². The van der Waals surface area contributed by atoms with Gasteiger partial charge < -0.3 is 10.2 Å². The molecule has 94 valence electrons. The molecule has 2 unspecified atom stereocenters. The highest BCUT2D eigenvalue weighted by atomic mass is 35.5. The summed E-state index contributed by atoms with van der Waals surface area (Å²) >= 11 is 6.36. The van der Waals surface area contributed by atoms with Gasteiger partial charge in [-0.1, -0.05) is 24.6 Å². The molecule has 1 fully saturated rings. The second kappa shape index (κ2) is 5.28. The zero-order valence-electron chi connectivity index (χ0n) is 10.8. The summed E-state index contributed by atoms with van der Waals surface area (Å²) in [5.74, 6) is 0. The number of halogens is 1. The first-order chi connectivity index (χ1) is 8.11. The molecule has 0 spiro atoms. The van der Waals surface area contributed by atoms with Gasteiger partial charge in [0.2, 0.25) is 0 Å². The smallest absolute Gasteiger partial charge is 0.0642 e. The maximum Gasteiger partial charge on any atom is 0.0642 e. The maximum absolute atomic E-state index is 6.36. The molecule has 1 N–H and O–H groups in total. The fraction of sp³-hybridized carbons (Fsp3) is 0.571. The Morgan fingerprint density at radius 2 is 2.24 bits per heavy atom. The second-order valence-electron chi connectivity index (χ2n) is 4.97. The molecule has 2 atom stereocenters. The lowest BCUT2D eigenvalue weighted by atomic mass is 10.1. The number of hydrogen-bond acceptors (Lipinski definition) is 2. The van der Waals surface area contributed by atoms with Crippen molar-refractivity contribution < 1.29 is 0 Å². The number of benzene rings is 1. The summed E-state index contributed by atoms with van der Waals surface area (Å²) in [4.78, 5) is 2.42. The third-order valence-electron chi connectivity index (χ3n) is 3.56. The fourth-order valence-corrected chi connectivity index (χ4v) is 2.73. The van der Waals surface area contributed by atoms with Crippen LogP contribution in [-0.4, -0.2) is 25.2 Å². The van der Waals surface area contributed by atoms with Crippen LogP contribution in [0.4, 0.5) is 5.69 Å². The zero-order valence-corrected chi connectivity index (χ0v) is 11.6. The van der Waals surface area contributed by atoms with Crippen LogP contribution in [0.15, 0.2) is 18.2 Å². The summed E-state index contributed by atoms with van der Waals surface area (Å²) in [5, 5.41) is 4.43. The summed E-state index contributed by atoms with van der Waals surface area (Å²) in [6.45, 7) is 8.62. The summed E-state index contributed by atoms with van der Waals surface area (Å²) in [6, 6.07) is 7.40. The minimum atomic E-state index is 0.498. The first-order valence-electron chi connectivity index (χ1n) is 6.38. The van der Waals surface area contributed by atoms with Gasteiger partial charge in [-0.05, 0) is 38.0 Å². The van der Waals surface area contributed by atoms with Gasteiger partial charge in [0.15, 0.2) is 0 Å². The normalized spacial score (nSPS) is 25.1. The molecule has 0 bridgehead atoms. The Kier molecular flexibility index (Phi) is 3.95. The quantitative estimate of drug-likeness (QED) is 0.870. The Morgan fingerprint density at radius 1 is 1.47 bits per heavy atom. The molecule has 1 aromatic carbocycles. The minimum Gasteiger partial charge on any atom is -0.365 e. The van der Waals surface area contributed by atoms with Crippen LogP contribution in [0, 0.1) is 6.92 Å². The van der Waals surface area contributed by atoms with Gasteiger partial charge in [-0.25, -0.2) is 0 Å². The van der Waals surface area contributed by atoms with Gasteiger partial charge in [0, 0.05) is 25.2 Å². The Labute approximate surface area is 109 Å². The van der Waals surface area contributed by atoms with E-state index >= 15 is 0 Å². The third kappa shape index (κ3) is 2.75. The van der Waals surface area contributed by atoms with Crippen molar-refractivity contribution in [3.63, 3.8) is 0 Å². The van der Waals surface area contributed by atoms with Gasteiger partial charge in [0.05, 0.1) is 10.7 Å². The van der Waals surface area contributed by atoms with E-state index in [1.165, 1.54) is 11.3 Å². The van der Waals surface area contributed by atoms with Crippen molar-refractivity contribution in [2.24, 2.45) is 0 Å². The lowest BCUT2D eigenvalue weighted by molar-refractivity contribution is 0.397. The van der Waals surface area contributed by atoms with Crippen molar-refractivity contribution in [3.8, 4) is 0 Å². The zero-order chi connectivity index (χ0) is 12.4. The molecule has 0 amide bonds. The van der Waals surface area contributed by atoms with E-state index in [2.05, 4.69) is 43.1 Å². The van der Waals surface area contributed by atoms with Gasteiger partial charge in [-0.2, -0.15) is 0 Å². The standard InChI is InChI=1S/C14H21ClN2/c1-4-12-9-17(11(3)8-16-12)14-6-5-10(2)7-13(14)15/h5-7,11-12,16H,4,8-9H2,1-3H3. The lowest BCUT2D eigenvalue weighted by Gasteiger charge is -2.40. The number of piperazine rings is 1. The summed E-state index contributed by atoms with van der Waals surface area (Å²) < 4.78 is 0. The van der Waals surface area contributed by atoms with Gasteiger partial charge in [-0.3, -0.25) is 0 Å². The van der Waals surface area contributed by atoms with E-state index in [-0.39, 0.29) is 0 Å². The number of nitrogens with zero attached hydrogens (tertiary/aromatic N) is 1. The summed E-state index contributed by atoms with van der Waals surface area (Å²) in [7, 11) is 0. The third-order valence-corrected chi connectivity index (χ3v) is 3.86. The molecule has 0 aromatic heterocycles. The first kappa shape index (κ1) is 12.7. The Morgan fingerprint density at radius 3 is 2.88 bits per heavy atom. The van der Waals surface area contributed by atoms with Crippen molar-refractivity contribution in [2.45, 2.75) is 39.3 Å². The summed E-state index contributed by atoms with van der Waals surface area (Å²) in [5.41, 5.74) is 2.39. The fourth-order valence-electron chi connectivity index (χ4n) is 2.38. The maximum atomic E-state index is 6.36. The molecule has 1 aliphatic rings. The van der Waals surface area contributed by atoms with Crippen molar-refractivity contribution in [3.05, 3.63) is 28.8 Å². The molecule has 1 saturated heterocycles. The Balaban J connectivity index is 2.24. The monoisotopic (exact) mass is 252 g/mol. The molecule has 1 aliphatic heterocycles. The molecular formula is C14H21ClN2. The molecule has 2 rings (SSSR count). The van der Waals surface area contributed by atoms with E-state index in [0.717, 1.165) is 24.5 Å². The van der Waals surface area contributed by atoms with Crippen LogP contribution in [0.5, 0.6) is 0 Å². The lowest BCUT2D eigenvalue weighted by Crippen LogP contribution is -2.55. The highest BCUT2D eigenvalue weighted by molar-refractivity contribution is 6.33. The van der Waals surface area contributed by atoms with Crippen molar-refractivity contribution in [1.29, 1.82) is 0 Å². The number of rotatable bonds is 2. The largest absolute Gasteiger partial charge is 0.365 e. The first-order valence-corrected chi connectivity index (χ1v) is 6.75. The van der Waals surface area contributed by atoms with Crippen molar-refractivity contribution >= 4 is 17.3 Å². The SMILES string of the molecule is CCC1CN(c2ccc(C)cc2Cl)C(C)CN1. The highest BCUT2D eigenvalue weighted by Gasteiger charge is 2.25. The van der Waals surface area contributed by atoms with Gasteiger partial charge in [-0.15, -0.1) is 0 Å². The number of nitrogens with one attached hydrogen (secondary N) is 1. The van der Waals surface area contributed by atoms with E-state index in [1.807, 2.05) is 6.07 Å². The van der Waals surface area contributed by atoms with E-state index < -0.39 is 0 Å². The molecule has 2 nitrogen and oxygen atoms in total. The van der Waals surface area contributed by atoms with Crippen LogP contribution < -0.4 is 10.2 Å². The summed E-state index contributed by atoms with van der Waals surface area (Å²) in [6.07, 6.45) is 1.16. The van der Waals surface area contributed by atoms with E-state index in [1.54, 1.807) is 0 Å². The average molecular weight is 253 g/mol. The molecule has 3 heteroatoms. The molecule has 0 aliphatic carbocycles. The predicted octanol–water partition coefficient (Wildman–Crippen LogP) is 3.23. The van der Waals surface area contributed by atoms with Crippen LogP contribution in [0.2, 0.25) is 5.02 Å². The van der Waals surface area contributed by atoms with Crippen molar-refractivity contribution in [1.82, 2.24) is 5.32 Å². The number of anilines is 1. The van der Waals surface area contributed by atoms with Crippen molar-refractivity contribution in [2.75, 3.05) is 18.0 Å². The molecule has 0 radical (unpaired) electrons. The van der Waals surface area contributed by atoms with Gasteiger partial charge in [0.25, 0.3) is 0 Å². The van der Waals surface area contributed by atoms with E-state index in [0.29, 0.717) is 12.1 Å². The predicted molar refractivity (Wildman–Crippen MR) is 75.1 cm³/mol. The molecular weight excluding hydrogens is 232 g/mol. The van der Waals surface area contributed by atoms with Gasteiger partial charge in [0.1, 0.15) is 0 Å². The highest BCUT2D eigenvalue weighted by Crippen LogP contribution is 2.29. The van der Waals surface area contributed by atoms with Gasteiger partial charge >= 0.3 is 0 Å². The Bertz CT molecular complexity index is 392. The number of aryl methyl sites for hydroxylation is 1. The van der Waals surface area contributed by atoms with Crippen LogP contribution in [-0.2, 0) is 0 Å².